The molecule has 0 saturated carbocycles. The molecular weight excluding hydrogens is 269 g/mol. The van der Waals surface area contributed by atoms with Gasteiger partial charge in [0, 0.05) is 5.69 Å². The summed E-state index contributed by atoms with van der Waals surface area (Å²) in [4.78, 5) is 11.8. The molecule has 0 bridgehead atoms. The number of carbonyl (C=O) groups excluding carboxylic acids is 1. The van der Waals surface area contributed by atoms with E-state index in [0.717, 1.165) is 5.56 Å². The standard InChI is InChI=1S/C15H22BNO4/c1-14(2,3)20-13(18)17-11-7-6-10-9-15(4,5)21-16(19)12(10)8-11/h6-8,19H,9H2,1-5H3,(H,17,18). The Morgan fingerprint density at radius 1 is 1.43 bits per heavy atom. The normalized spacial score (nSPS) is 17.1. The van der Waals surface area contributed by atoms with E-state index in [1.165, 1.54) is 0 Å². The molecule has 0 aliphatic carbocycles. The van der Waals surface area contributed by atoms with Gasteiger partial charge in [-0.25, -0.2) is 4.79 Å². The minimum atomic E-state index is -0.982. The Labute approximate surface area is 125 Å². The van der Waals surface area contributed by atoms with Gasteiger partial charge in [0.15, 0.2) is 0 Å². The summed E-state index contributed by atoms with van der Waals surface area (Å²) in [6, 6.07) is 5.42. The highest BCUT2D eigenvalue weighted by atomic mass is 16.6. The predicted octanol–water partition coefficient (Wildman–Crippen LogP) is 2.07. The lowest BCUT2D eigenvalue weighted by Gasteiger charge is -2.34. The van der Waals surface area contributed by atoms with E-state index >= 15 is 0 Å². The van der Waals surface area contributed by atoms with E-state index < -0.39 is 24.4 Å². The lowest BCUT2D eigenvalue weighted by atomic mass is 9.70. The number of hydrogen-bond donors (Lipinski definition) is 2. The summed E-state index contributed by atoms with van der Waals surface area (Å²) >= 11 is 0. The molecule has 114 valence electrons. The Morgan fingerprint density at radius 3 is 2.71 bits per heavy atom. The largest absolute Gasteiger partial charge is 0.491 e. The fourth-order valence-corrected chi connectivity index (χ4v) is 2.35. The predicted molar refractivity (Wildman–Crippen MR) is 82.8 cm³/mol. The molecule has 1 heterocycles. The highest BCUT2D eigenvalue weighted by molar-refractivity contribution is 6.61. The Bertz CT molecular complexity index is 551. The molecule has 2 rings (SSSR count). The van der Waals surface area contributed by atoms with Crippen LogP contribution < -0.4 is 10.8 Å². The average Bonchev–Trinajstić information content (AvgIpc) is 2.26. The second-order valence-corrected chi connectivity index (χ2v) is 6.95. The highest BCUT2D eigenvalue weighted by Gasteiger charge is 2.35. The monoisotopic (exact) mass is 291 g/mol. The zero-order chi connectivity index (χ0) is 15.8. The summed E-state index contributed by atoms with van der Waals surface area (Å²) in [6.45, 7) is 9.29. The third-order valence-electron chi connectivity index (χ3n) is 3.10. The van der Waals surface area contributed by atoms with Crippen molar-refractivity contribution in [2.75, 3.05) is 5.32 Å². The Kier molecular flexibility index (Phi) is 4.04. The van der Waals surface area contributed by atoms with Crippen LogP contribution in [0.15, 0.2) is 18.2 Å². The molecule has 5 nitrogen and oxygen atoms in total. The van der Waals surface area contributed by atoms with E-state index in [1.807, 2.05) is 19.9 Å². The summed E-state index contributed by atoms with van der Waals surface area (Å²) in [5.74, 6) is 0. The molecule has 0 atom stereocenters. The van der Waals surface area contributed by atoms with Gasteiger partial charge in [-0.2, -0.15) is 0 Å². The first-order valence-corrected chi connectivity index (χ1v) is 7.04. The first-order valence-electron chi connectivity index (χ1n) is 7.04. The molecule has 0 aromatic heterocycles. The Morgan fingerprint density at radius 2 is 2.10 bits per heavy atom. The van der Waals surface area contributed by atoms with Gasteiger partial charge in [-0.05, 0) is 64.2 Å². The van der Waals surface area contributed by atoms with Gasteiger partial charge in [0.05, 0.1) is 5.60 Å². The molecule has 0 saturated heterocycles. The summed E-state index contributed by atoms with van der Waals surface area (Å²) in [7, 11) is -0.982. The number of rotatable bonds is 1. The molecule has 6 heteroatoms. The van der Waals surface area contributed by atoms with Gasteiger partial charge in [-0.1, -0.05) is 6.07 Å². The summed E-state index contributed by atoms with van der Waals surface area (Å²) in [5, 5.41) is 12.7. The van der Waals surface area contributed by atoms with Gasteiger partial charge >= 0.3 is 13.2 Å². The van der Waals surface area contributed by atoms with Crippen molar-refractivity contribution in [1.82, 2.24) is 0 Å². The van der Waals surface area contributed by atoms with Crippen molar-refractivity contribution < 1.29 is 19.2 Å². The van der Waals surface area contributed by atoms with Crippen LogP contribution in [-0.2, 0) is 15.8 Å². The molecule has 0 spiro atoms. The Balaban J connectivity index is 2.15. The number of carbonyl (C=O) groups is 1. The summed E-state index contributed by atoms with van der Waals surface area (Å²) in [6.07, 6.45) is 0.195. The van der Waals surface area contributed by atoms with Gasteiger partial charge in [0.1, 0.15) is 5.60 Å². The van der Waals surface area contributed by atoms with Crippen molar-refractivity contribution in [3.63, 3.8) is 0 Å². The quantitative estimate of drug-likeness (QED) is 0.777. The summed E-state index contributed by atoms with van der Waals surface area (Å²) in [5.41, 5.74) is 1.33. The molecule has 2 N–H and O–H groups in total. The zero-order valence-electron chi connectivity index (χ0n) is 13.2. The van der Waals surface area contributed by atoms with Crippen LogP contribution in [0.1, 0.15) is 40.2 Å². The van der Waals surface area contributed by atoms with Gasteiger partial charge in [-0.15, -0.1) is 0 Å². The van der Waals surface area contributed by atoms with Crippen LogP contribution in [0.5, 0.6) is 0 Å². The van der Waals surface area contributed by atoms with Crippen molar-refractivity contribution in [3.05, 3.63) is 23.8 Å². The smallest absolute Gasteiger partial charge is 0.444 e. The van der Waals surface area contributed by atoms with E-state index in [4.69, 9.17) is 9.39 Å². The first kappa shape index (κ1) is 15.9. The second kappa shape index (κ2) is 5.35. The number of amides is 1. The maximum absolute atomic E-state index is 11.8. The van der Waals surface area contributed by atoms with Gasteiger partial charge < -0.3 is 14.4 Å². The van der Waals surface area contributed by atoms with Gasteiger partial charge in [-0.3, -0.25) is 5.32 Å². The van der Waals surface area contributed by atoms with Crippen LogP contribution in [0, 0.1) is 0 Å². The molecular formula is C15H22BNO4. The van der Waals surface area contributed by atoms with E-state index in [9.17, 15) is 9.82 Å². The minimum absolute atomic E-state index is 0.396. The maximum Gasteiger partial charge on any atom is 0.491 e. The Hall–Kier alpha value is -1.53. The van der Waals surface area contributed by atoms with Crippen LogP contribution >= 0.6 is 0 Å². The van der Waals surface area contributed by atoms with Crippen LogP contribution in [-0.4, -0.2) is 29.4 Å². The topological polar surface area (TPSA) is 67.8 Å². The van der Waals surface area contributed by atoms with Gasteiger partial charge in [0.2, 0.25) is 0 Å². The van der Waals surface area contributed by atoms with Crippen molar-refractivity contribution in [3.8, 4) is 0 Å². The molecule has 0 fully saturated rings. The minimum Gasteiger partial charge on any atom is -0.444 e. The van der Waals surface area contributed by atoms with Crippen LogP contribution in [0.2, 0.25) is 0 Å². The molecule has 1 amide bonds. The second-order valence-electron chi connectivity index (χ2n) is 6.95. The molecule has 1 aromatic rings. The van der Waals surface area contributed by atoms with Crippen molar-refractivity contribution in [1.29, 1.82) is 0 Å². The van der Waals surface area contributed by atoms with E-state index in [2.05, 4.69) is 5.32 Å². The number of fused-ring (bicyclic) bond motifs is 1. The number of ether oxygens (including phenoxy) is 1. The van der Waals surface area contributed by atoms with Gasteiger partial charge in [0.25, 0.3) is 0 Å². The third kappa shape index (κ3) is 4.22. The maximum atomic E-state index is 11.8. The average molecular weight is 291 g/mol. The molecule has 1 aliphatic heterocycles. The van der Waals surface area contributed by atoms with Crippen LogP contribution in [0.3, 0.4) is 0 Å². The van der Waals surface area contributed by atoms with Crippen LogP contribution in [0.25, 0.3) is 0 Å². The highest BCUT2D eigenvalue weighted by Crippen LogP contribution is 2.23. The van der Waals surface area contributed by atoms with E-state index in [0.29, 0.717) is 17.6 Å². The van der Waals surface area contributed by atoms with Crippen molar-refractivity contribution in [2.45, 2.75) is 52.2 Å². The first-order chi connectivity index (χ1) is 9.56. The molecule has 1 aromatic carbocycles. The number of hydrogen-bond acceptors (Lipinski definition) is 4. The fraction of sp³-hybridized carbons (Fsp3) is 0.533. The fourth-order valence-electron chi connectivity index (χ4n) is 2.35. The van der Waals surface area contributed by atoms with Crippen LogP contribution in [0.4, 0.5) is 10.5 Å². The molecule has 21 heavy (non-hydrogen) atoms. The third-order valence-corrected chi connectivity index (χ3v) is 3.10. The molecule has 0 unspecified atom stereocenters. The SMILES string of the molecule is CC(C)(C)OC(=O)Nc1ccc2c(c1)B(O)OC(C)(C)C2. The lowest BCUT2D eigenvalue weighted by molar-refractivity contribution is 0.0635. The number of anilines is 1. The summed E-state index contributed by atoms with van der Waals surface area (Å²) < 4.78 is 10.8. The molecule has 0 radical (unpaired) electrons. The van der Waals surface area contributed by atoms with E-state index in [-0.39, 0.29) is 0 Å². The van der Waals surface area contributed by atoms with Crippen molar-refractivity contribution in [2.24, 2.45) is 0 Å². The number of benzene rings is 1. The van der Waals surface area contributed by atoms with E-state index in [1.54, 1.807) is 32.9 Å². The zero-order valence-corrected chi connectivity index (χ0v) is 13.2. The molecule has 1 aliphatic rings. The number of nitrogens with one attached hydrogen (secondary N) is 1. The van der Waals surface area contributed by atoms with Crippen molar-refractivity contribution >= 4 is 24.4 Å². The lowest BCUT2D eigenvalue weighted by Crippen LogP contribution is -2.50.